The molecule has 2 aromatic carbocycles. The third-order valence-electron chi connectivity index (χ3n) is 12.0. The van der Waals surface area contributed by atoms with Crippen molar-refractivity contribution in [2.75, 3.05) is 44.2 Å². The van der Waals surface area contributed by atoms with E-state index in [0.29, 0.717) is 56.4 Å². The van der Waals surface area contributed by atoms with Crippen LogP contribution >= 0.6 is 0 Å². The third kappa shape index (κ3) is 6.45. The number of pyridine rings is 1. The highest BCUT2D eigenvalue weighted by Crippen LogP contribution is 2.50. The number of aromatic hydroxyl groups is 1. The number of phenols is 1. The van der Waals surface area contributed by atoms with Gasteiger partial charge in [-0.05, 0) is 75.0 Å². The zero-order chi connectivity index (χ0) is 38.4. The fraction of sp³-hybridized carbons (Fsp3) is 0.500. The largest absolute Gasteiger partial charge is 0.508 e. The average molecular weight is 765 g/mol. The van der Waals surface area contributed by atoms with Crippen LogP contribution in [0.2, 0.25) is 0 Å². The van der Waals surface area contributed by atoms with E-state index in [0.717, 1.165) is 30.6 Å². The van der Waals surface area contributed by atoms with E-state index in [1.807, 2.05) is 0 Å². The molecule has 5 heterocycles. The number of likely N-dealkylation sites (tertiary alicyclic amines) is 1. The molecule has 15 heteroatoms. The number of alkyl halides is 4. The molecule has 288 valence electrons. The van der Waals surface area contributed by atoms with Crippen LogP contribution in [0.15, 0.2) is 24.3 Å². The van der Waals surface area contributed by atoms with Gasteiger partial charge < -0.3 is 24.5 Å². The minimum atomic E-state index is -5.02. The number of piperidine rings is 1. The number of ether oxygens (including phenoxy) is 1. The maximum absolute atomic E-state index is 17.4. The summed E-state index contributed by atoms with van der Waals surface area (Å²) < 4.78 is 93.5. The highest BCUT2D eigenvalue weighted by atomic mass is 19.4. The number of amides is 1. The van der Waals surface area contributed by atoms with Crippen molar-refractivity contribution < 1.29 is 41.0 Å². The van der Waals surface area contributed by atoms with Crippen LogP contribution in [0.4, 0.5) is 32.2 Å². The van der Waals surface area contributed by atoms with Gasteiger partial charge in [0.2, 0.25) is 0 Å². The second kappa shape index (κ2) is 13.1. The molecule has 1 amide bonds. The molecular weight excluding hydrogens is 726 g/mol. The Bertz CT molecular complexity index is 2250. The van der Waals surface area contributed by atoms with Crippen LogP contribution < -0.4 is 9.64 Å². The lowest BCUT2D eigenvalue weighted by molar-refractivity contribution is -0.188. The molecule has 4 aromatic rings. The normalized spacial score (nSPS) is 22.7. The first-order chi connectivity index (χ1) is 26.3. The number of terminal acetylenes is 1. The van der Waals surface area contributed by atoms with Crippen LogP contribution in [0.1, 0.15) is 68.5 Å². The zero-order valence-corrected chi connectivity index (χ0v) is 29.8. The molecule has 5 fully saturated rings. The van der Waals surface area contributed by atoms with Gasteiger partial charge in [0.15, 0.2) is 5.82 Å². The molecule has 1 N–H and O–H groups in total. The van der Waals surface area contributed by atoms with Crippen LogP contribution in [0.3, 0.4) is 0 Å². The number of carbonyl (C=O) groups excluding carboxylic acids is 1. The van der Waals surface area contributed by atoms with Gasteiger partial charge in [-0.25, -0.2) is 18.2 Å². The van der Waals surface area contributed by atoms with Crippen molar-refractivity contribution >= 4 is 33.4 Å². The van der Waals surface area contributed by atoms with Crippen molar-refractivity contribution in [1.29, 1.82) is 0 Å². The summed E-state index contributed by atoms with van der Waals surface area (Å²) in [7, 11) is 0. The minimum absolute atomic E-state index is 0.0216. The van der Waals surface area contributed by atoms with E-state index >= 15 is 8.78 Å². The summed E-state index contributed by atoms with van der Waals surface area (Å²) >= 11 is 0. The first kappa shape index (κ1) is 35.8. The summed E-state index contributed by atoms with van der Waals surface area (Å²) in [4.78, 5) is 31.7. The van der Waals surface area contributed by atoms with Crippen molar-refractivity contribution in [2.24, 2.45) is 5.41 Å². The molecule has 3 aliphatic heterocycles. The highest BCUT2D eigenvalue weighted by molar-refractivity contribution is 6.03. The Morgan fingerprint density at radius 1 is 0.982 bits per heavy atom. The second-order valence-corrected chi connectivity index (χ2v) is 15.9. The van der Waals surface area contributed by atoms with E-state index < -0.39 is 42.0 Å². The number of aromatic nitrogens is 3. The van der Waals surface area contributed by atoms with Gasteiger partial charge in [0.1, 0.15) is 34.8 Å². The van der Waals surface area contributed by atoms with Crippen LogP contribution in [-0.2, 0) is 4.79 Å². The monoisotopic (exact) mass is 764 g/mol. The zero-order valence-electron chi connectivity index (χ0n) is 29.8. The maximum Gasteiger partial charge on any atom is 0.471 e. The van der Waals surface area contributed by atoms with Crippen molar-refractivity contribution in [3.8, 4) is 35.4 Å². The topological polar surface area (TPSA) is 94.9 Å². The number of fused-ring (bicyclic) bond motifs is 4. The smallest absolute Gasteiger partial charge is 0.471 e. The third-order valence-corrected chi connectivity index (χ3v) is 12.0. The van der Waals surface area contributed by atoms with Gasteiger partial charge in [0, 0.05) is 55.0 Å². The summed E-state index contributed by atoms with van der Waals surface area (Å²) in [5.74, 6) is -1.21. The lowest BCUT2D eigenvalue weighted by Crippen LogP contribution is -2.59. The fourth-order valence-electron chi connectivity index (χ4n) is 8.87. The first-order valence-corrected chi connectivity index (χ1v) is 18.8. The number of phenolic OH excluding ortho intramolecular Hbond substituents is 1. The SMILES string of the molecule is C#Cc1c(F)ccc2cc(O)cc(-c3nc(C4CC4)c4c(N5C[C@H]6CC[C@@H](C5)N6C(=O)C(F)(F)F)nc(OCC5(CN6CCC(F)CC6)CC5)nc4c3F)c12. The molecule has 2 aliphatic carbocycles. The summed E-state index contributed by atoms with van der Waals surface area (Å²) in [6, 6.07) is 3.67. The lowest BCUT2D eigenvalue weighted by atomic mass is 9.95. The Morgan fingerprint density at radius 3 is 2.33 bits per heavy atom. The Morgan fingerprint density at radius 2 is 1.69 bits per heavy atom. The van der Waals surface area contributed by atoms with Gasteiger partial charge >= 0.3 is 18.1 Å². The summed E-state index contributed by atoms with van der Waals surface area (Å²) in [5, 5.41) is 11.6. The van der Waals surface area contributed by atoms with Gasteiger partial charge in [-0.15, -0.1) is 6.42 Å². The molecular formula is C40H38F6N6O3. The fourth-order valence-corrected chi connectivity index (χ4v) is 8.87. The number of halogens is 6. The molecule has 2 atom stereocenters. The van der Waals surface area contributed by atoms with Crippen molar-refractivity contribution in [3.05, 3.63) is 47.2 Å². The number of benzene rings is 2. The molecule has 2 aromatic heterocycles. The molecule has 9 rings (SSSR count). The van der Waals surface area contributed by atoms with E-state index in [4.69, 9.17) is 21.1 Å². The van der Waals surface area contributed by atoms with Gasteiger partial charge in [-0.2, -0.15) is 23.1 Å². The van der Waals surface area contributed by atoms with E-state index in [9.17, 15) is 27.5 Å². The van der Waals surface area contributed by atoms with E-state index in [1.54, 1.807) is 4.90 Å². The van der Waals surface area contributed by atoms with Gasteiger partial charge in [-0.3, -0.25) is 4.79 Å². The van der Waals surface area contributed by atoms with Crippen LogP contribution in [-0.4, -0.2) is 99.5 Å². The van der Waals surface area contributed by atoms with Crippen molar-refractivity contribution in [3.63, 3.8) is 0 Å². The summed E-state index contributed by atoms with van der Waals surface area (Å²) in [5.41, 5.74) is -0.165. The van der Waals surface area contributed by atoms with Gasteiger partial charge in [0.25, 0.3) is 0 Å². The lowest BCUT2D eigenvalue weighted by Gasteiger charge is -2.42. The van der Waals surface area contributed by atoms with Crippen LogP contribution in [0.5, 0.6) is 11.8 Å². The predicted molar refractivity (Wildman–Crippen MR) is 191 cm³/mol. The quantitative estimate of drug-likeness (QED) is 0.151. The van der Waals surface area contributed by atoms with E-state index in [-0.39, 0.29) is 81.7 Å². The molecule has 0 spiro atoms. The van der Waals surface area contributed by atoms with E-state index in [1.165, 1.54) is 24.3 Å². The molecule has 55 heavy (non-hydrogen) atoms. The predicted octanol–water partition coefficient (Wildman–Crippen LogP) is 7.02. The van der Waals surface area contributed by atoms with Crippen LogP contribution in [0, 0.1) is 29.4 Å². The molecule has 0 radical (unpaired) electrons. The number of anilines is 1. The number of carbonyl (C=O) groups is 1. The Labute approximate surface area is 312 Å². The van der Waals surface area contributed by atoms with Gasteiger partial charge in [-0.1, -0.05) is 12.0 Å². The van der Waals surface area contributed by atoms with E-state index in [2.05, 4.69) is 15.8 Å². The summed E-state index contributed by atoms with van der Waals surface area (Å²) in [6.45, 7) is 2.24. The van der Waals surface area contributed by atoms with Gasteiger partial charge in [0.05, 0.1) is 35.3 Å². The van der Waals surface area contributed by atoms with Crippen molar-refractivity contribution in [1.82, 2.24) is 24.8 Å². The minimum Gasteiger partial charge on any atom is -0.508 e. The standard InChI is InChI=1S/C40H38F6N6O3/c1-2-27-29(42)8-5-22-15-26(53)16-28(30(22)27)34-32(43)35-31(33(47-34)21-3-4-21)36(51-17-24-6-7-25(18-51)52(24)37(54)40(44,45)46)49-38(48-35)55-20-39(11-12-39)19-50-13-9-23(41)10-14-50/h1,5,8,15-16,21,23-25,53H,3-4,6-7,9-14,17-20H2/t24-,25+. The Balaban J connectivity index is 1.17. The molecule has 3 saturated heterocycles. The number of hydrogen-bond acceptors (Lipinski definition) is 8. The number of hydrogen-bond donors (Lipinski definition) is 1. The average Bonchev–Trinajstić information content (AvgIpc) is 4.10. The highest BCUT2D eigenvalue weighted by Gasteiger charge is 2.52. The Hall–Kier alpha value is -4.84. The number of nitrogens with zero attached hydrogens (tertiary/aromatic N) is 6. The molecule has 2 bridgehead atoms. The number of rotatable bonds is 8. The molecule has 0 unspecified atom stereocenters. The molecule has 9 nitrogen and oxygen atoms in total. The van der Waals surface area contributed by atoms with Crippen molar-refractivity contribution in [2.45, 2.75) is 81.7 Å². The molecule has 5 aliphatic rings. The summed E-state index contributed by atoms with van der Waals surface area (Å²) in [6.07, 6.45) is 4.77. The van der Waals surface area contributed by atoms with Crippen LogP contribution in [0.25, 0.3) is 32.9 Å². The second-order valence-electron chi connectivity index (χ2n) is 15.9. The molecule has 2 saturated carbocycles. The Kier molecular flexibility index (Phi) is 8.56. The number of piperazine rings is 1. The first-order valence-electron chi connectivity index (χ1n) is 18.8. The maximum atomic E-state index is 17.4.